The number of likely N-dealkylation sites (tertiary alicyclic amines) is 1. The molecule has 2 aromatic rings. The molecule has 4 rings (SSSR count). The number of anilines is 2. The lowest BCUT2D eigenvalue weighted by Gasteiger charge is -2.34. The highest BCUT2D eigenvalue weighted by Crippen LogP contribution is 2.32. The fourth-order valence-electron chi connectivity index (χ4n) is 3.75. The van der Waals surface area contributed by atoms with Crippen LogP contribution in [0.5, 0.6) is 0 Å². The number of nitrogens with zero attached hydrogens (tertiary/aromatic N) is 3. The molecule has 50 heavy (non-hydrogen) atoms. The number of hydrogen-bond acceptors (Lipinski definition) is 4. The number of rotatable bonds is 5. The second-order valence-electron chi connectivity index (χ2n) is 9.70. The van der Waals surface area contributed by atoms with Crippen molar-refractivity contribution in [3.63, 3.8) is 0 Å². The van der Waals surface area contributed by atoms with Crippen LogP contribution in [0.15, 0.2) is 54.1 Å². The zero-order valence-corrected chi connectivity index (χ0v) is 27.2. The number of terminal acetylenes is 1. The van der Waals surface area contributed by atoms with Crippen LogP contribution in [0.3, 0.4) is 0 Å². The summed E-state index contributed by atoms with van der Waals surface area (Å²) in [5, 5.41) is 2.85. The molecule has 2 aliphatic rings. The Morgan fingerprint density at radius 2 is 1.34 bits per heavy atom. The van der Waals surface area contributed by atoms with E-state index in [0.717, 1.165) is 24.6 Å². The van der Waals surface area contributed by atoms with Crippen molar-refractivity contribution >= 4 is 23.4 Å². The molecular weight excluding hydrogens is 621 g/mol. The number of carbonyl (C=O) groups excluding carboxylic acids is 1. The third-order valence-corrected chi connectivity index (χ3v) is 6.02. The standard InChI is InChI=1S/C21H23N3O.C21H4.HN3.H2O.9H2/c22-19-3-1-2-4-20(19)23-21(25)18-9-7-15(8-10-18)11-17-13-24(14-17)12-16-5-6-16;1-3-5-7-9-11-13-15-17-19-21-20-18-16-14-12-10-8-6-4-2;1-3-2;;;;;;;;;;/h1-4,7-11,16H,5-6,12-14,22H2,(H,23,25);1H,2H3;1H;1H2;9*1H. The Balaban J connectivity index is -0.0000000990. The first-order valence-corrected chi connectivity index (χ1v) is 14.6. The van der Waals surface area contributed by atoms with Crippen LogP contribution in [-0.4, -0.2) is 35.9 Å². The minimum absolute atomic E-state index is 0. The molecule has 0 unspecified atom stereocenters. The lowest BCUT2D eigenvalue weighted by molar-refractivity contribution is 0.102. The summed E-state index contributed by atoms with van der Waals surface area (Å²) in [6.45, 7) is 5.14. The van der Waals surface area contributed by atoms with Crippen molar-refractivity contribution < 1.29 is 23.1 Å². The van der Waals surface area contributed by atoms with Crippen LogP contribution < -0.4 is 11.1 Å². The number of nitrogen functional groups attached to an aromatic ring is 1. The third kappa shape index (κ3) is 18.3. The molecule has 0 radical (unpaired) electrons. The predicted molar refractivity (Wildman–Crippen MR) is 219 cm³/mol. The molecule has 0 aromatic heterocycles. The summed E-state index contributed by atoms with van der Waals surface area (Å²) in [7, 11) is 0. The maximum Gasteiger partial charge on any atom is 0.255 e. The van der Waals surface area contributed by atoms with Gasteiger partial charge in [-0.15, -0.1) is 12.0 Å². The fraction of sp³-hybridized carbons (Fsp3) is 0.167. The van der Waals surface area contributed by atoms with E-state index in [4.69, 9.17) is 23.2 Å². The van der Waals surface area contributed by atoms with Crippen molar-refractivity contribution in [1.29, 1.82) is 5.53 Å². The number of benzene rings is 2. The van der Waals surface area contributed by atoms with Crippen LogP contribution in [-0.2, 0) is 0 Å². The highest BCUT2D eigenvalue weighted by atomic mass is 16.1. The number of para-hydroxylation sites is 2. The lowest BCUT2D eigenvalue weighted by atomic mass is 10.0. The number of nitrogens with one attached hydrogen (secondary N) is 2. The molecular formula is C42H48N6O2. The number of hydrogen-bond donors (Lipinski definition) is 3. The Morgan fingerprint density at radius 1 is 0.880 bits per heavy atom. The van der Waals surface area contributed by atoms with E-state index in [2.05, 4.69) is 129 Å². The second kappa shape index (κ2) is 25.5. The zero-order valence-electron chi connectivity index (χ0n) is 27.2. The van der Waals surface area contributed by atoms with Gasteiger partial charge in [-0.2, -0.15) is 0 Å². The monoisotopic (exact) mass is 668 g/mol. The summed E-state index contributed by atoms with van der Waals surface area (Å²) in [4.78, 5) is 16.6. The highest BCUT2D eigenvalue weighted by molar-refractivity contribution is 6.05. The van der Waals surface area contributed by atoms with Crippen LogP contribution in [0.4, 0.5) is 11.4 Å². The molecule has 8 heteroatoms. The van der Waals surface area contributed by atoms with Gasteiger partial charge in [-0.05, 0) is 166 Å². The second-order valence-corrected chi connectivity index (χ2v) is 9.70. The summed E-state index contributed by atoms with van der Waals surface area (Å²) >= 11 is 0. The molecule has 1 amide bonds. The number of amides is 1. The van der Waals surface area contributed by atoms with Gasteiger partial charge in [-0.25, -0.2) is 0 Å². The van der Waals surface area contributed by atoms with E-state index in [1.165, 1.54) is 25.0 Å². The molecule has 0 atom stereocenters. The van der Waals surface area contributed by atoms with Gasteiger partial charge in [0.25, 0.3) is 5.91 Å². The number of nitrogens with two attached hydrogens (primary N) is 1. The average Bonchev–Trinajstić information content (AvgIpc) is 3.91. The molecule has 258 valence electrons. The summed E-state index contributed by atoms with van der Waals surface area (Å²) < 4.78 is 0. The molecule has 1 heterocycles. The Morgan fingerprint density at radius 3 is 1.78 bits per heavy atom. The van der Waals surface area contributed by atoms with Crippen LogP contribution in [0.2, 0.25) is 0 Å². The Kier molecular flexibility index (Phi) is 20.5. The summed E-state index contributed by atoms with van der Waals surface area (Å²) in [6, 6.07) is 15.0. The van der Waals surface area contributed by atoms with Gasteiger partial charge in [0.1, 0.15) is 0 Å². The molecule has 2 aromatic carbocycles. The maximum absolute atomic E-state index is 12.3. The first kappa shape index (κ1) is 40.3. The van der Waals surface area contributed by atoms with E-state index in [1.54, 1.807) is 24.0 Å². The average molecular weight is 669 g/mol. The van der Waals surface area contributed by atoms with Crippen molar-refractivity contribution in [2.45, 2.75) is 19.8 Å². The lowest BCUT2D eigenvalue weighted by Crippen LogP contribution is -2.41. The molecule has 0 spiro atoms. The maximum atomic E-state index is 12.3. The zero-order chi connectivity index (χ0) is 35.4. The highest BCUT2D eigenvalue weighted by Gasteiger charge is 2.28. The van der Waals surface area contributed by atoms with E-state index in [-0.39, 0.29) is 24.2 Å². The topological polar surface area (TPSA) is 150 Å². The van der Waals surface area contributed by atoms with E-state index in [9.17, 15) is 4.79 Å². The van der Waals surface area contributed by atoms with Gasteiger partial charge in [0.15, 0.2) is 0 Å². The molecule has 0 bridgehead atoms. The van der Waals surface area contributed by atoms with Gasteiger partial charge in [0, 0.05) is 49.9 Å². The molecule has 8 nitrogen and oxygen atoms in total. The van der Waals surface area contributed by atoms with Gasteiger partial charge in [0.2, 0.25) is 0 Å². The van der Waals surface area contributed by atoms with Crippen molar-refractivity contribution in [3.8, 4) is 119 Å². The molecule has 1 saturated heterocycles. The van der Waals surface area contributed by atoms with E-state index < -0.39 is 0 Å². The molecule has 1 aliphatic carbocycles. The molecule has 6 N–H and O–H groups in total. The van der Waals surface area contributed by atoms with Gasteiger partial charge in [-0.1, -0.05) is 36.3 Å². The molecule has 1 saturated carbocycles. The number of carbonyl (C=O) groups is 1. The van der Waals surface area contributed by atoms with Crippen molar-refractivity contribution in [2.24, 2.45) is 5.92 Å². The quantitative estimate of drug-likeness (QED) is 0.109. The summed E-state index contributed by atoms with van der Waals surface area (Å²) in [5.74, 6) is 47.7. The first-order valence-electron chi connectivity index (χ1n) is 14.6. The SMILES string of the molecule is C#CC#CC#CC#CC#CC#CC#CC#CC#CC#CC.Nc1ccccc1NC(=O)c1ccc(C=C2CN(CC3CC3)C2)cc1.O.[HH].[HH].[HH].[HH].[HH].[HH].[HH].[HH].[HH].[N-]=[N+]=N. The Labute approximate surface area is 307 Å². The minimum Gasteiger partial charge on any atom is -0.412 e. The van der Waals surface area contributed by atoms with Gasteiger partial charge in [0.05, 0.1) is 11.4 Å². The Hall–Kier alpha value is -7.72. The van der Waals surface area contributed by atoms with Crippen molar-refractivity contribution in [1.82, 2.24) is 4.90 Å². The smallest absolute Gasteiger partial charge is 0.255 e. The Bertz CT molecular complexity index is 2240. The van der Waals surface area contributed by atoms with Crippen molar-refractivity contribution in [2.75, 3.05) is 30.7 Å². The molecule has 2 fully saturated rings. The predicted octanol–water partition coefficient (Wildman–Crippen LogP) is 6.56. The van der Waals surface area contributed by atoms with Crippen LogP contribution in [0.25, 0.3) is 16.5 Å². The fourth-order valence-corrected chi connectivity index (χ4v) is 3.75. The van der Waals surface area contributed by atoms with Crippen LogP contribution in [0.1, 0.15) is 48.5 Å². The summed E-state index contributed by atoms with van der Waals surface area (Å²) in [6.07, 6.45) is 9.96. The van der Waals surface area contributed by atoms with Gasteiger partial charge >= 0.3 is 0 Å². The van der Waals surface area contributed by atoms with Gasteiger partial charge < -0.3 is 16.5 Å². The van der Waals surface area contributed by atoms with Crippen molar-refractivity contribution in [3.05, 3.63) is 75.7 Å². The normalized spacial score (nSPS) is 10.3. The third-order valence-electron chi connectivity index (χ3n) is 6.02. The van der Waals surface area contributed by atoms with E-state index in [1.807, 2.05) is 36.4 Å². The molecule has 1 aliphatic heterocycles. The first-order chi connectivity index (χ1) is 24.0. The largest absolute Gasteiger partial charge is 0.412 e. The van der Waals surface area contributed by atoms with Gasteiger partial charge in [-0.3, -0.25) is 9.69 Å². The van der Waals surface area contributed by atoms with E-state index >= 15 is 0 Å². The van der Waals surface area contributed by atoms with E-state index in [0.29, 0.717) is 16.9 Å². The van der Waals surface area contributed by atoms with Crippen LogP contribution >= 0.6 is 0 Å². The minimum atomic E-state index is -0.142. The summed E-state index contributed by atoms with van der Waals surface area (Å²) in [5.41, 5.74) is 22.6. The van der Waals surface area contributed by atoms with Crippen LogP contribution in [0, 0.1) is 130 Å².